The summed E-state index contributed by atoms with van der Waals surface area (Å²) in [5.74, 6) is 0.208. The van der Waals surface area contributed by atoms with Gasteiger partial charge < -0.3 is 29.0 Å². The molecule has 8 atom stereocenters. The van der Waals surface area contributed by atoms with Crippen molar-refractivity contribution in [3.8, 4) is 0 Å². The van der Waals surface area contributed by atoms with E-state index >= 15 is 0 Å². The number of amides is 1. The Balaban J connectivity index is 2.23. The molecule has 7 nitrogen and oxygen atoms in total. The summed E-state index contributed by atoms with van der Waals surface area (Å²) in [4.78, 5) is 13.4. The molecule has 2 aliphatic heterocycles. The second-order valence-electron chi connectivity index (χ2n) is 7.74. The number of carbonyl (C=O) groups is 1. The van der Waals surface area contributed by atoms with Crippen LogP contribution in [0.5, 0.6) is 0 Å². The van der Waals surface area contributed by atoms with E-state index in [1.54, 1.807) is 25.3 Å². The summed E-state index contributed by atoms with van der Waals surface area (Å²) < 4.78 is 24.0. The van der Waals surface area contributed by atoms with E-state index in [0.29, 0.717) is 0 Å². The first kappa shape index (κ1) is 22.1. The van der Waals surface area contributed by atoms with Gasteiger partial charge in [-0.25, -0.2) is 0 Å². The Kier molecular flexibility index (Phi) is 7.68. The van der Waals surface area contributed by atoms with Crippen LogP contribution >= 0.6 is 0 Å². The van der Waals surface area contributed by atoms with Gasteiger partial charge in [0.05, 0.1) is 18.4 Å². The summed E-state index contributed by atoms with van der Waals surface area (Å²) in [5, 5.41) is 9.69. The molecule has 0 aromatic carbocycles. The fourth-order valence-corrected chi connectivity index (χ4v) is 3.99. The van der Waals surface area contributed by atoms with Gasteiger partial charge in [0, 0.05) is 27.0 Å². The Morgan fingerprint density at radius 1 is 1.22 bits per heavy atom. The minimum Gasteiger partial charge on any atom is -0.493 e. The third-order valence-corrected chi connectivity index (χ3v) is 6.21. The molecule has 2 heterocycles. The Morgan fingerprint density at radius 3 is 2.41 bits per heavy atom. The van der Waals surface area contributed by atoms with Gasteiger partial charge in [-0.15, -0.1) is 0 Å². The molecule has 0 aromatic heterocycles. The minimum absolute atomic E-state index is 0.0547. The van der Waals surface area contributed by atoms with Crippen LogP contribution in [0, 0.1) is 17.8 Å². The van der Waals surface area contributed by atoms with Crippen molar-refractivity contribution in [2.24, 2.45) is 17.8 Å². The lowest BCUT2D eigenvalue weighted by atomic mass is 9.83. The maximum atomic E-state index is 11.8. The van der Waals surface area contributed by atoms with Crippen LogP contribution in [-0.4, -0.2) is 67.4 Å². The number of nitrogens with zero attached hydrogens (tertiary/aromatic N) is 1. The second kappa shape index (κ2) is 9.37. The van der Waals surface area contributed by atoms with Crippen LogP contribution < -0.4 is 0 Å². The quantitative estimate of drug-likeness (QED) is 0.755. The molecule has 7 heteroatoms. The van der Waals surface area contributed by atoms with Gasteiger partial charge >= 0.3 is 0 Å². The molecular weight excluding hydrogens is 350 g/mol. The molecule has 0 bridgehead atoms. The van der Waals surface area contributed by atoms with Crippen molar-refractivity contribution >= 4 is 5.91 Å². The summed E-state index contributed by atoms with van der Waals surface area (Å²) in [7, 11) is 3.39. The van der Waals surface area contributed by atoms with Crippen LogP contribution in [0.15, 0.2) is 12.0 Å². The summed E-state index contributed by atoms with van der Waals surface area (Å²) in [5.41, 5.74) is 0.780. The molecule has 1 saturated heterocycles. The van der Waals surface area contributed by atoms with Crippen LogP contribution in [0.1, 0.15) is 41.0 Å². The van der Waals surface area contributed by atoms with Crippen molar-refractivity contribution in [3.05, 3.63) is 12.0 Å². The van der Waals surface area contributed by atoms with Crippen LogP contribution in [0.25, 0.3) is 0 Å². The molecule has 1 fully saturated rings. The van der Waals surface area contributed by atoms with E-state index in [1.165, 1.54) is 6.92 Å². The van der Waals surface area contributed by atoms with Crippen LogP contribution in [0.4, 0.5) is 0 Å². The number of rotatable bonds is 6. The number of aliphatic hydroxyl groups is 1. The van der Waals surface area contributed by atoms with E-state index < -0.39 is 6.29 Å². The third-order valence-electron chi connectivity index (χ3n) is 6.21. The molecule has 156 valence electrons. The highest BCUT2D eigenvalue weighted by atomic mass is 16.7. The summed E-state index contributed by atoms with van der Waals surface area (Å²) >= 11 is 0. The fraction of sp³-hybridized carbons (Fsp3) is 0.850. The number of aliphatic hydroxyl groups excluding tert-OH is 1. The van der Waals surface area contributed by atoms with Crippen molar-refractivity contribution in [1.82, 2.24) is 4.90 Å². The van der Waals surface area contributed by atoms with Gasteiger partial charge in [-0.2, -0.15) is 0 Å². The average Bonchev–Trinajstić information content (AvgIpc) is 2.65. The first-order valence-corrected chi connectivity index (χ1v) is 9.81. The van der Waals surface area contributed by atoms with Crippen molar-refractivity contribution in [2.75, 3.05) is 20.8 Å². The Hall–Kier alpha value is -1.15. The molecular formula is C20H35NO6. The summed E-state index contributed by atoms with van der Waals surface area (Å²) in [6.45, 7) is 9.67. The lowest BCUT2D eigenvalue weighted by Crippen LogP contribution is -2.55. The van der Waals surface area contributed by atoms with Gasteiger partial charge in [0.15, 0.2) is 6.29 Å². The Morgan fingerprint density at radius 2 is 1.89 bits per heavy atom. The number of hydrogen-bond acceptors (Lipinski definition) is 6. The number of hydrogen-bond donors (Lipinski definition) is 1. The van der Waals surface area contributed by atoms with Gasteiger partial charge in [-0.1, -0.05) is 27.7 Å². The van der Waals surface area contributed by atoms with Crippen LogP contribution in [0.3, 0.4) is 0 Å². The SMILES string of the molecule is CCC1OC=C(N(C)C(C)=O)C(C)C1OC1OC(CO)C(C)C(C)C1OC. The summed E-state index contributed by atoms with van der Waals surface area (Å²) in [6.07, 6.45) is 0.843. The van der Waals surface area contributed by atoms with Gasteiger partial charge in [0.2, 0.25) is 5.91 Å². The van der Waals surface area contributed by atoms with E-state index in [9.17, 15) is 9.90 Å². The van der Waals surface area contributed by atoms with E-state index in [1.807, 2.05) is 13.8 Å². The Bertz CT molecular complexity index is 539. The zero-order valence-electron chi connectivity index (χ0n) is 17.5. The van der Waals surface area contributed by atoms with Crippen molar-refractivity contribution in [2.45, 2.75) is 71.7 Å². The van der Waals surface area contributed by atoms with Crippen LogP contribution in [0.2, 0.25) is 0 Å². The molecule has 2 aliphatic rings. The zero-order chi connectivity index (χ0) is 20.3. The number of methoxy groups -OCH3 is 1. The molecule has 0 aliphatic carbocycles. The lowest BCUT2D eigenvalue weighted by Gasteiger charge is -2.46. The van der Waals surface area contributed by atoms with Gasteiger partial charge in [0.1, 0.15) is 24.6 Å². The van der Waals surface area contributed by atoms with Gasteiger partial charge in [-0.3, -0.25) is 4.79 Å². The average molecular weight is 386 g/mol. The molecule has 0 saturated carbocycles. The molecule has 2 rings (SSSR count). The second-order valence-corrected chi connectivity index (χ2v) is 7.74. The zero-order valence-corrected chi connectivity index (χ0v) is 17.5. The Labute approximate surface area is 162 Å². The standard InChI is InChI=1S/C20H35NO6/c1-8-16-18(13(4)15(10-25-16)21(6)14(5)23)27-20-19(24-7)12(3)11(2)17(9-22)26-20/h10-13,16-20,22H,8-9H2,1-7H3. The maximum Gasteiger partial charge on any atom is 0.223 e. The van der Waals surface area contributed by atoms with E-state index in [2.05, 4.69) is 13.8 Å². The molecule has 8 unspecified atom stereocenters. The normalized spacial score (nSPS) is 39.5. The van der Waals surface area contributed by atoms with E-state index in [-0.39, 0.29) is 54.7 Å². The number of carbonyl (C=O) groups excluding carboxylic acids is 1. The summed E-state index contributed by atoms with van der Waals surface area (Å²) in [6, 6.07) is 0. The van der Waals surface area contributed by atoms with Crippen LogP contribution in [-0.2, 0) is 23.7 Å². The predicted molar refractivity (Wildman–Crippen MR) is 101 cm³/mol. The topological polar surface area (TPSA) is 77.5 Å². The van der Waals surface area contributed by atoms with Crippen molar-refractivity contribution < 1.29 is 28.8 Å². The molecule has 27 heavy (non-hydrogen) atoms. The minimum atomic E-state index is -0.606. The molecule has 0 aromatic rings. The lowest BCUT2D eigenvalue weighted by molar-refractivity contribution is -0.306. The smallest absolute Gasteiger partial charge is 0.223 e. The monoisotopic (exact) mass is 385 g/mol. The molecule has 0 radical (unpaired) electrons. The molecule has 1 N–H and O–H groups in total. The van der Waals surface area contributed by atoms with E-state index in [0.717, 1.165) is 12.1 Å². The van der Waals surface area contributed by atoms with E-state index in [4.69, 9.17) is 18.9 Å². The van der Waals surface area contributed by atoms with Gasteiger partial charge in [0.25, 0.3) is 0 Å². The van der Waals surface area contributed by atoms with Gasteiger partial charge in [-0.05, 0) is 18.3 Å². The van der Waals surface area contributed by atoms with Crippen molar-refractivity contribution in [1.29, 1.82) is 0 Å². The highest BCUT2D eigenvalue weighted by Gasteiger charge is 2.46. The fourth-order valence-electron chi connectivity index (χ4n) is 3.99. The first-order chi connectivity index (χ1) is 12.8. The molecule has 0 spiro atoms. The predicted octanol–water partition coefficient (Wildman–Crippen LogP) is 2.14. The first-order valence-electron chi connectivity index (χ1n) is 9.81. The maximum absolute atomic E-state index is 11.8. The number of ether oxygens (including phenoxy) is 4. The van der Waals surface area contributed by atoms with Crippen molar-refractivity contribution in [3.63, 3.8) is 0 Å². The highest BCUT2D eigenvalue weighted by molar-refractivity contribution is 5.75. The highest BCUT2D eigenvalue weighted by Crippen LogP contribution is 2.37. The third kappa shape index (κ3) is 4.47. The molecule has 1 amide bonds. The largest absolute Gasteiger partial charge is 0.493 e.